The van der Waals surface area contributed by atoms with Crippen LogP contribution in [0.2, 0.25) is 0 Å². The maximum absolute atomic E-state index is 5.56. The van der Waals surface area contributed by atoms with Crippen molar-refractivity contribution in [2.75, 3.05) is 0 Å². The molecule has 1 aliphatic carbocycles. The molecule has 0 fully saturated rings. The molecule has 2 rings (SSSR count). The van der Waals surface area contributed by atoms with Crippen molar-refractivity contribution in [2.24, 2.45) is 0 Å². The molecule has 1 unspecified atom stereocenters. The zero-order valence-corrected chi connectivity index (χ0v) is 8.29. The lowest BCUT2D eigenvalue weighted by Crippen LogP contribution is -1.96. The summed E-state index contributed by atoms with van der Waals surface area (Å²) in [5.74, 6) is 3.11. The van der Waals surface area contributed by atoms with Gasteiger partial charge in [0.25, 0.3) is 0 Å². The fourth-order valence-electron chi connectivity index (χ4n) is 2.06. The summed E-state index contributed by atoms with van der Waals surface area (Å²) in [6.45, 7) is 4.06. The van der Waals surface area contributed by atoms with Crippen LogP contribution in [0.4, 0.5) is 0 Å². The van der Waals surface area contributed by atoms with E-state index in [1.807, 2.05) is 0 Å². The van der Waals surface area contributed by atoms with E-state index in [1.54, 1.807) is 0 Å². The molecule has 0 saturated heterocycles. The average Bonchev–Trinajstić information content (AvgIpc) is 2.38. The van der Waals surface area contributed by atoms with Crippen LogP contribution in [-0.4, -0.2) is 0 Å². The first-order valence-electron chi connectivity index (χ1n) is 5.02. The Labute approximate surface area is 85.7 Å². The molecule has 0 bridgehead atoms. The molecule has 0 spiro atoms. The van der Waals surface area contributed by atoms with E-state index in [9.17, 15) is 0 Å². The lowest BCUT2D eigenvalue weighted by atomic mass is 9.93. The molecule has 1 atom stereocenters. The zero-order valence-electron chi connectivity index (χ0n) is 8.29. The van der Waals surface area contributed by atoms with Gasteiger partial charge in [-0.3, -0.25) is 0 Å². The van der Waals surface area contributed by atoms with E-state index >= 15 is 0 Å². The lowest BCUT2D eigenvalue weighted by Gasteiger charge is -2.10. The Hall–Kier alpha value is -1.48. The molecule has 14 heavy (non-hydrogen) atoms. The van der Waals surface area contributed by atoms with Gasteiger partial charge in [0.15, 0.2) is 0 Å². The van der Waals surface area contributed by atoms with E-state index in [0.717, 1.165) is 19.3 Å². The van der Waals surface area contributed by atoms with Crippen molar-refractivity contribution >= 4 is 0 Å². The molecule has 0 saturated carbocycles. The van der Waals surface area contributed by atoms with Gasteiger partial charge in [0.05, 0.1) is 0 Å². The fraction of sp³-hybridized carbons (Fsp3) is 0.286. The number of terminal acetylenes is 1. The van der Waals surface area contributed by atoms with Crippen molar-refractivity contribution in [2.45, 2.75) is 25.2 Å². The number of fused-ring (bicyclic) bond motifs is 1. The fourth-order valence-corrected chi connectivity index (χ4v) is 2.06. The first kappa shape index (κ1) is 9.09. The van der Waals surface area contributed by atoms with Crippen LogP contribution in [0.1, 0.15) is 29.9 Å². The van der Waals surface area contributed by atoms with Gasteiger partial charge in [-0.05, 0) is 30.4 Å². The van der Waals surface area contributed by atoms with Gasteiger partial charge in [-0.1, -0.05) is 42.3 Å². The highest BCUT2D eigenvalue weighted by Crippen LogP contribution is 2.31. The smallest absolute Gasteiger partial charge is 0.0489 e. The summed E-state index contributed by atoms with van der Waals surface area (Å²) >= 11 is 0. The van der Waals surface area contributed by atoms with E-state index in [2.05, 4.69) is 36.8 Å². The Morgan fingerprint density at radius 3 is 2.86 bits per heavy atom. The predicted octanol–water partition coefficient (Wildman–Crippen LogP) is 3.30. The van der Waals surface area contributed by atoms with E-state index in [4.69, 9.17) is 6.42 Å². The normalized spacial score (nSPS) is 20.8. The van der Waals surface area contributed by atoms with Crippen molar-refractivity contribution in [1.29, 1.82) is 0 Å². The zero-order chi connectivity index (χ0) is 9.97. The van der Waals surface area contributed by atoms with Gasteiger partial charge in [0.2, 0.25) is 0 Å². The van der Waals surface area contributed by atoms with Crippen LogP contribution in [-0.2, 0) is 6.42 Å². The van der Waals surface area contributed by atoms with E-state index in [1.165, 1.54) is 16.7 Å². The van der Waals surface area contributed by atoms with Crippen LogP contribution in [0.15, 0.2) is 36.4 Å². The third-order valence-corrected chi connectivity index (χ3v) is 2.87. The van der Waals surface area contributed by atoms with Gasteiger partial charge in [0, 0.05) is 5.92 Å². The number of hydrogen-bond acceptors (Lipinski definition) is 0. The van der Waals surface area contributed by atoms with Gasteiger partial charge in [0.1, 0.15) is 0 Å². The number of benzene rings is 1. The molecule has 0 amide bonds. The van der Waals surface area contributed by atoms with E-state index in [-0.39, 0.29) is 5.92 Å². The van der Waals surface area contributed by atoms with E-state index < -0.39 is 0 Å². The topological polar surface area (TPSA) is 0 Å². The first-order chi connectivity index (χ1) is 6.81. The highest BCUT2D eigenvalue weighted by atomic mass is 14.2. The second-order valence-corrected chi connectivity index (χ2v) is 3.87. The molecule has 0 aliphatic heterocycles. The Bertz CT molecular complexity index is 393. The van der Waals surface area contributed by atoms with Gasteiger partial charge in [-0.25, -0.2) is 0 Å². The number of allylic oxidation sites excluding steroid dienone is 1. The second-order valence-electron chi connectivity index (χ2n) is 3.87. The van der Waals surface area contributed by atoms with Crippen LogP contribution in [0.25, 0.3) is 0 Å². The Kier molecular flexibility index (Phi) is 2.41. The van der Waals surface area contributed by atoms with Crippen LogP contribution in [0.3, 0.4) is 0 Å². The third kappa shape index (κ3) is 1.59. The third-order valence-electron chi connectivity index (χ3n) is 2.87. The molecule has 0 heterocycles. The largest absolute Gasteiger partial charge is 0.119 e. The van der Waals surface area contributed by atoms with Crippen molar-refractivity contribution in [3.8, 4) is 12.3 Å². The number of aryl methyl sites for hydroxylation is 1. The molecule has 1 aliphatic rings. The molecule has 0 N–H and O–H groups in total. The summed E-state index contributed by atoms with van der Waals surface area (Å²) in [4.78, 5) is 0. The molecule has 0 radical (unpaired) electrons. The predicted molar refractivity (Wildman–Crippen MR) is 60.1 cm³/mol. The number of hydrogen-bond donors (Lipinski definition) is 0. The summed E-state index contributed by atoms with van der Waals surface area (Å²) in [5, 5.41) is 0. The average molecular weight is 182 g/mol. The molecule has 1 aromatic rings. The summed E-state index contributed by atoms with van der Waals surface area (Å²) in [7, 11) is 0. The Balaban J connectivity index is 2.45. The maximum Gasteiger partial charge on any atom is 0.0489 e. The van der Waals surface area contributed by atoms with Crippen molar-refractivity contribution in [1.82, 2.24) is 0 Å². The summed E-state index contributed by atoms with van der Waals surface area (Å²) in [5.41, 5.74) is 4.01. The molecule has 0 aromatic heterocycles. The van der Waals surface area contributed by atoms with E-state index in [0.29, 0.717) is 0 Å². The van der Waals surface area contributed by atoms with Crippen molar-refractivity contribution in [3.05, 3.63) is 47.5 Å². The van der Waals surface area contributed by atoms with Crippen LogP contribution in [0.5, 0.6) is 0 Å². The SMILES string of the molecule is C#CC1CC(=C)CCc2ccccc21. The van der Waals surface area contributed by atoms with Crippen LogP contribution < -0.4 is 0 Å². The van der Waals surface area contributed by atoms with Crippen molar-refractivity contribution < 1.29 is 0 Å². The highest BCUT2D eigenvalue weighted by molar-refractivity contribution is 5.38. The lowest BCUT2D eigenvalue weighted by molar-refractivity contribution is 0.839. The van der Waals surface area contributed by atoms with Gasteiger partial charge in [-0.2, -0.15) is 0 Å². The monoisotopic (exact) mass is 182 g/mol. The quantitative estimate of drug-likeness (QED) is 0.328. The van der Waals surface area contributed by atoms with Gasteiger partial charge < -0.3 is 0 Å². The summed E-state index contributed by atoms with van der Waals surface area (Å²) in [6.07, 6.45) is 8.68. The van der Waals surface area contributed by atoms with Crippen molar-refractivity contribution in [3.63, 3.8) is 0 Å². The summed E-state index contributed by atoms with van der Waals surface area (Å²) in [6, 6.07) is 8.48. The molecule has 70 valence electrons. The second kappa shape index (κ2) is 3.72. The minimum Gasteiger partial charge on any atom is -0.119 e. The highest BCUT2D eigenvalue weighted by Gasteiger charge is 2.17. The molecule has 0 nitrogen and oxygen atoms in total. The Morgan fingerprint density at radius 2 is 2.07 bits per heavy atom. The van der Waals surface area contributed by atoms with Gasteiger partial charge >= 0.3 is 0 Å². The van der Waals surface area contributed by atoms with Gasteiger partial charge in [-0.15, -0.1) is 6.42 Å². The minimum absolute atomic E-state index is 0.237. The maximum atomic E-state index is 5.56. The number of rotatable bonds is 0. The molecular formula is C14H14. The van der Waals surface area contributed by atoms with Crippen LogP contribution in [0, 0.1) is 12.3 Å². The molecular weight excluding hydrogens is 168 g/mol. The van der Waals surface area contributed by atoms with Crippen LogP contribution >= 0.6 is 0 Å². The minimum atomic E-state index is 0.237. The molecule has 1 aromatic carbocycles. The Morgan fingerprint density at radius 1 is 1.29 bits per heavy atom. The summed E-state index contributed by atoms with van der Waals surface area (Å²) < 4.78 is 0. The standard InChI is InChI=1S/C14H14/c1-3-12-10-11(2)8-9-13-6-4-5-7-14(12)13/h1,4-7,12H,2,8-10H2. The molecule has 0 heteroatoms. The first-order valence-corrected chi connectivity index (χ1v) is 5.02.